The number of rotatable bonds is 3. The fourth-order valence-corrected chi connectivity index (χ4v) is 1.15. The van der Waals surface area contributed by atoms with Crippen LogP contribution < -0.4 is 0 Å². The number of ether oxygens (including phenoxy) is 2. The molecule has 72 valence electrons. The fraction of sp³-hybridized carbons (Fsp3) is 0.625. The highest BCUT2D eigenvalue weighted by molar-refractivity contribution is 6.35. The van der Waals surface area contributed by atoms with Gasteiger partial charge in [0, 0.05) is 5.92 Å². The van der Waals surface area contributed by atoms with Gasteiger partial charge in [0.15, 0.2) is 0 Å². The highest BCUT2D eigenvalue weighted by atomic mass is 16.5. The van der Waals surface area contributed by atoms with E-state index < -0.39 is 29.6 Å². The molecule has 0 aliphatic heterocycles. The van der Waals surface area contributed by atoms with Crippen LogP contribution in [0.5, 0.6) is 0 Å². The van der Waals surface area contributed by atoms with Crippen LogP contribution in [0.25, 0.3) is 0 Å². The Labute approximate surface area is 75.0 Å². The summed E-state index contributed by atoms with van der Waals surface area (Å²) in [5.41, 5.74) is 0. The van der Waals surface area contributed by atoms with Gasteiger partial charge in [0.2, 0.25) is 5.78 Å². The summed E-state index contributed by atoms with van der Waals surface area (Å²) < 4.78 is 8.66. The van der Waals surface area contributed by atoms with E-state index in [0.717, 1.165) is 7.11 Å². The number of ketones is 1. The molecule has 0 saturated heterocycles. The van der Waals surface area contributed by atoms with E-state index in [2.05, 4.69) is 9.47 Å². The lowest BCUT2D eigenvalue weighted by Crippen LogP contribution is -2.20. The minimum absolute atomic E-state index is 0.389. The molecule has 1 fully saturated rings. The van der Waals surface area contributed by atoms with Gasteiger partial charge in [-0.15, -0.1) is 0 Å². The topological polar surface area (TPSA) is 69.7 Å². The van der Waals surface area contributed by atoms with E-state index in [0.29, 0.717) is 6.42 Å². The van der Waals surface area contributed by atoms with E-state index >= 15 is 0 Å². The average Bonchev–Trinajstić information content (AvgIpc) is 2.93. The first-order valence-electron chi connectivity index (χ1n) is 3.81. The normalized spacial score (nSPS) is 24.8. The molecule has 5 heteroatoms. The van der Waals surface area contributed by atoms with Crippen LogP contribution in [0.4, 0.5) is 0 Å². The molecule has 0 radical (unpaired) electrons. The number of Topliss-reactive ketones (excluding diaryl/α,β-unsaturated/α-hetero) is 1. The second kappa shape index (κ2) is 3.55. The van der Waals surface area contributed by atoms with Crippen molar-refractivity contribution in [2.24, 2.45) is 11.8 Å². The maximum absolute atomic E-state index is 11.1. The van der Waals surface area contributed by atoms with Gasteiger partial charge < -0.3 is 9.47 Å². The Kier molecular flexibility index (Phi) is 2.65. The van der Waals surface area contributed by atoms with Crippen molar-refractivity contribution >= 4 is 17.7 Å². The standard InChI is InChI=1S/C8H10O5/c1-12-7(10)5-3-4(5)6(9)8(11)13-2/h4-5H,3H2,1-2H3/t4-,5-/m0/s1. The summed E-state index contributed by atoms with van der Waals surface area (Å²) in [7, 11) is 2.39. The highest BCUT2D eigenvalue weighted by Gasteiger charge is 2.51. The van der Waals surface area contributed by atoms with Gasteiger partial charge in [0.25, 0.3) is 0 Å². The molecule has 0 bridgehead atoms. The molecule has 0 amide bonds. The van der Waals surface area contributed by atoms with Crippen LogP contribution in [0.1, 0.15) is 6.42 Å². The molecule has 5 nitrogen and oxygen atoms in total. The van der Waals surface area contributed by atoms with Crippen molar-refractivity contribution in [1.29, 1.82) is 0 Å². The number of esters is 2. The van der Waals surface area contributed by atoms with Crippen LogP contribution in [0.15, 0.2) is 0 Å². The third-order valence-electron chi connectivity index (χ3n) is 2.02. The molecule has 2 atom stereocenters. The molecule has 0 spiro atoms. The van der Waals surface area contributed by atoms with Crippen molar-refractivity contribution in [2.75, 3.05) is 14.2 Å². The van der Waals surface area contributed by atoms with Gasteiger partial charge in [-0.3, -0.25) is 9.59 Å². The van der Waals surface area contributed by atoms with Crippen molar-refractivity contribution in [2.45, 2.75) is 6.42 Å². The molecular formula is C8H10O5. The van der Waals surface area contributed by atoms with E-state index in [1.807, 2.05) is 0 Å². The minimum Gasteiger partial charge on any atom is -0.469 e. The number of carbonyl (C=O) groups is 3. The SMILES string of the molecule is COC(=O)C(=O)[C@H]1C[C@@H]1C(=O)OC. The third-order valence-corrected chi connectivity index (χ3v) is 2.02. The maximum atomic E-state index is 11.1. The van der Waals surface area contributed by atoms with Gasteiger partial charge in [0.1, 0.15) is 0 Å². The van der Waals surface area contributed by atoms with Gasteiger partial charge in [-0.2, -0.15) is 0 Å². The Morgan fingerprint density at radius 2 is 1.69 bits per heavy atom. The summed E-state index contributed by atoms with van der Waals surface area (Å²) >= 11 is 0. The average molecular weight is 186 g/mol. The van der Waals surface area contributed by atoms with Crippen LogP contribution in [-0.2, 0) is 23.9 Å². The number of methoxy groups -OCH3 is 2. The van der Waals surface area contributed by atoms with Crippen molar-refractivity contribution in [1.82, 2.24) is 0 Å². The van der Waals surface area contributed by atoms with Gasteiger partial charge in [-0.25, -0.2) is 4.79 Å². The quantitative estimate of drug-likeness (QED) is 0.440. The van der Waals surface area contributed by atoms with Gasteiger partial charge in [-0.1, -0.05) is 0 Å². The largest absolute Gasteiger partial charge is 0.469 e. The van der Waals surface area contributed by atoms with E-state index in [4.69, 9.17) is 0 Å². The van der Waals surface area contributed by atoms with Gasteiger partial charge in [-0.05, 0) is 6.42 Å². The van der Waals surface area contributed by atoms with Crippen LogP contribution in [0, 0.1) is 11.8 Å². The van der Waals surface area contributed by atoms with Crippen LogP contribution >= 0.6 is 0 Å². The van der Waals surface area contributed by atoms with Crippen molar-refractivity contribution in [3.63, 3.8) is 0 Å². The summed E-state index contributed by atoms with van der Waals surface area (Å²) in [5, 5.41) is 0. The molecule has 1 aliphatic carbocycles. The zero-order valence-electron chi connectivity index (χ0n) is 7.40. The summed E-state index contributed by atoms with van der Waals surface area (Å²) in [6.07, 6.45) is 0.389. The Bertz CT molecular complexity index is 257. The second-order valence-corrected chi connectivity index (χ2v) is 2.83. The van der Waals surface area contributed by atoms with E-state index in [1.54, 1.807) is 0 Å². The first kappa shape index (κ1) is 9.70. The summed E-state index contributed by atoms with van der Waals surface area (Å²) in [6, 6.07) is 0. The van der Waals surface area contributed by atoms with Crippen molar-refractivity contribution < 1.29 is 23.9 Å². The Morgan fingerprint density at radius 3 is 2.15 bits per heavy atom. The first-order valence-corrected chi connectivity index (χ1v) is 3.81. The molecule has 0 heterocycles. The van der Waals surface area contributed by atoms with Gasteiger partial charge >= 0.3 is 11.9 Å². The van der Waals surface area contributed by atoms with E-state index in [1.165, 1.54) is 7.11 Å². The molecule has 0 aromatic rings. The first-order chi connectivity index (χ1) is 6.11. The molecule has 1 rings (SSSR count). The molecule has 13 heavy (non-hydrogen) atoms. The fourth-order valence-electron chi connectivity index (χ4n) is 1.15. The number of hydrogen-bond donors (Lipinski definition) is 0. The van der Waals surface area contributed by atoms with Crippen molar-refractivity contribution in [3.05, 3.63) is 0 Å². The predicted molar refractivity (Wildman–Crippen MR) is 40.6 cm³/mol. The molecule has 0 aromatic heterocycles. The zero-order chi connectivity index (χ0) is 10.0. The van der Waals surface area contributed by atoms with E-state index in [-0.39, 0.29) is 0 Å². The molecular weight excluding hydrogens is 176 g/mol. The monoisotopic (exact) mass is 186 g/mol. The summed E-state index contributed by atoms with van der Waals surface area (Å²) in [5.74, 6) is -2.95. The molecule has 0 aromatic carbocycles. The Morgan fingerprint density at radius 1 is 1.08 bits per heavy atom. The van der Waals surface area contributed by atoms with Gasteiger partial charge in [0.05, 0.1) is 20.1 Å². The van der Waals surface area contributed by atoms with E-state index in [9.17, 15) is 14.4 Å². The lowest BCUT2D eigenvalue weighted by molar-refractivity contribution is -0.153. The van der Waals surface area contributed by atoms with Crippen LogP contribution in [0.2, 0.25) is 0 Å². The van der Waals surface area contributed by atoms with Crippen molar-refractivity contribution in [3.8, 4) is 0 Å². The lowest BCUT2D eigenvalue weighted by atomic mass is 10.2. The zero-order valence-corrected chi connectivity index (χ0v) is 7.40. The summed E-state index contributed by atoms with van der Waals surface area (Å²) in [4.78, 5) is 32.7. The van der Waals surface area contributed by atoms with Crippen LogP contribution in [0.3, 0.4) is 0 Å². The number of carbonyl (C=O) groups excluding carboxylic acids is 3. The third kappa shape index (κ3) is 1.85. The lowest BCUT2D eigenvalue weighted by Gasteiger charge is -1.96. The Balaban J connectivity index is 2.47. The second-order valence-electron chi connectivity index (χ2n) is 2.83. The predicted octanol–water partition coefficient (Wildman–Crippen LogP) is -0.462. The molecule has 1 aliphatic rings. The van der Waals surface area contributed by atoms with Crippen LogP contribution in [-0.4, -0.2) is 31.9 Å². The molecule has 0 N–H and O–H groups in total. The summed E-state index contributed by atoms with van der Waals surface area (Å²) in [6.45, 7) is 0. The molecule has 0 unspecified atom stereocenters. The minimum atomic E-state index is -0.892. The number of hydrogen-bond acceptors (Lipinski definition) is 5. The smallest absolute Gasteiger partial charge is 0.374 e. The highest BCUT2D eigenvalue weighted by Crippen LogP contribution is 2.40. The molecule has 1 saturated carbocycles. The maximum Gasteiger partial charge on any atom is 0.374 e. The Hall–Kier alpha value is -1.39.